The largest absolute Gasteiger partial charge is 0.463 e. The fraction of sp³-hybridized carbons (Fsp3) is 0.500. The first-order valence-corrected chi connectivity index (χ1v) is 5.48. The second-order valence-corrected chi connectivity index (χ2v) is 3.40. The second kappa shape index (κ2) is 9.59. The van der Waals surface area contributed by atoms with Gasteiger partial charge >= 0.3 is 11.9 Å². The highest BCUT2D eigenvalue weighted by Crippen LogP contribution is 2.04. The lowest BCUT2D eigenvalue weighted by atomic mass is 10.2. The van der Waals surface area contributed by atoms with E-state index in [1.54, 1.807) is 0 Å². The van der Waals surface area contributed by atoms with Gasteiger partial charge in [0.1, 0.15) is 0 Å². The number of rotatable bonds is 9. The first-order chi connectivity index (χ1) is 8.10. The molecule has 0 spiro atoms. The molecule has 0 radical (unpaired) electrons. The third-order valence-corrected chi connectivity index (χ3v) is 1.98. The summed E-state index contributed by atoms with van der Waals surface area (Å²) in [7, 11) is 0. The molecule has 0 bridgehead atoms. The van der Waals surface area contributed by atoms with Crippen molar-refractivity contribution in [2.45, 2.75) is 31.9 Å². The van der Waals surface area contributed by atoms with E-state index in [1.165, 1.54) is 0 Å². The van der Waals surface area contributed by atoms with Gasteiger partial charge in [-0.3, -0.25) is 5.73 Å². The normalized spacial score (nSPS) is 11.4. The summed E-state index contributed by atoms with van der Waals surface area (Å²) >= 11 is 0. The third kappa shape index (κ3) is 9.32. The molecule has 1 atom stereocenters. The number of unbranched alkanes of at least 4 members (excludes halogenated alkanes) is 2. The van der Waals surface area contributed by atoms with Gasteiger partial charge in [-0.1, -0.05) is 13.2 Å². The minimum absolute atomic E-state index is 0.368. The molecule has 0 aliphatic carbocycles. The molecule has 0 saturated carbocycles. The van der Waals surface area contributed by atoms with E-state index in [0.717, 1.165) is 31.4 Å². The maximum atomic E-state index is 10.8. The smallest absolute Gasteiger partial charge is 0.331 e. The van der Waals surface area contributed by atoms with Crippen LogP contribution in [0.5, 0.6) is 0 Å². The zero-order valence-electron chi connectivity index (χ0n) is 9.89. The molecule has 0 amide bonds. The molecule has 5 nitrogen and oxygen atoms in total. The van der Waals surface area contributed by atoms with Crippen molar-refractivity contribution in [2.75, 3.05) is 6.61 Å². The van der Waals surface area contributed by atoms with E-state index in [-0.39, 0.29) is 0 Å². The van der Waals surface area contributed by atoms with Gasteiger partial charge in [0.2, 0.25) is 0 Å². The van der Waals surface area contributed by atoms with Crippen molar-refractivity contribution in [1.29, 1.82) is 0 Å². The lowest BCUT2D eigenvalue weighted by molar-refractivity contribution is -0.143. The van der Waals surface area contributed by atoms with Crippen LogP contribution in [0.25, 0.3) is 0 Å². The topological polar surface area (TPSA) is 78.6 Å². The predicted molar refractivity (Wildman–Crippen MR) is 63.9 cm³/mol. The highest BCUT2D eigenvalue weighted by atomic mass is 16.6. The molecule has 0 aliphatic heterocycles. The Labute approximate surface area is 101 Å². The molecule has 2 N–H and O–H groups in total. The number of hydrogen-bond acceptors (Lipinski definition) is 5. The molecule has 0 aromatic heterocycles. The molecular weight excluding hydrogens is 222 g/mol. The highest BCUT2D eigenvalue weighted by Gasteiger charge is 2.06. The Balaban J connectivity index is 3.39. The first-order valence-electron chi connectivity index (χ1n) is 5.48. The van der Waals surface area contributed by atoms with Crippen LogP contribution in [0.3, 0.4) is 0 Å². The van der Waals surface area contributed by atoms with Crippen LogP contribution in [-0.4, -0.2) is 24.8 Å². The van der Waals surface area contributed by atoms with Gasteiger partial charge in [0.05, 0.1) is 6.61 Å². The van der Waals surface area contributed by atoms with Gasteiger partial charge in [-0.25, -0.2) is 9.59 Å². The van der Waals surface area contributed by atoms with Gasteiger partial charge in [-0.05, 0) is 25.7 Å². The van der Waals surface area contributed by atoms with Crippen LogP contribution in [0.4, 0.5) is 0 Å². The van der Waals surface area contributed by atoms with Gasteiger partial charge in [0.25, 0.3) is 0 Å². The van der Waals surface area contributed by atoms with E-state index < -0.39 is 18.2 Å². The molecule has 0 aromatic rings. The van der Waals surface area contributed by atoms with Crippen LogP contribution in [0.1, 0.15) is 25.7 Å². The van der Waals surface area contributed by atoms with Gasteiger partial charge in [0, 0.05) is 12.2 Å². The molecule has 5 heteroatoms. The van der Waals surface area contributed by atoms with Crippen LogP contribution < -0.4 is 5.73 Å². The molecule has 0 saturated heterocycles. The molecule has 0 heterocycles. The molecule has 1 unspecified atom stereocenters. The third-order valence-electron chi connectivity index (χ3n) is 1.98. The van der Waals surface area contributed by atoms with Crippen LogP contribution in [0.15, 0.2) is 25.3 Å². The lowest BCUT2D eigenvalue weighted by Crippen LogP contribution is -2.26. The Bertz CT molecular complexity index is 276. The van der Waals surface area contributed by atoms with E-state index in [0.29, 0.717) is 13.0 Å². The van der Waals surface area contributed by atoms with Crippen molar-refractivity contribution in [1.82, 2.24) is 0 Å². The van der Waals surface area contributed by atoms with Crippen molar-refractivity contribution >= 4 is 11.9 Å². The van der Waals surface area contributed by atoms with Gasteiger partial charge in [-0.2, -0.15) is 0 Å². The van der Waals surface area contributed by atoms with Crippen LogP contribution >= 0.6 is 0 Å². The summed E-state index contributed by atoms with van der Waals surface area (Å²) in [4.78, 5) is 21.5. The number of hydrogen-bond donors (Lipinski definition) is 1. The minimum Gasteiger partial charge on any atom is -0.463 e. The van der Waals surface area contributed by atoms with E-state index in [2.05, 4.69) is 13.2 Å². The van der Waals surface area contributed by atoms with Crippen molar-refractivity contribution in [2.24, 2.45) is 5.73 Å². The van der Waals surface area contributed by atoms with Gasteiger partial charge < -0.3 is 9.47 Å². The predicted octanol–water partition coefficient (Wildman–Crippen LogP) is 1.29. The van der Waals surface area contributed by atoms with E-state index >= 15 is 0 Å². The minimum atomic E-state index is -0.601. The second-order valence-electron chi connectivity index (χ2n) is 3.40. The number of ether oxygens (including phenoxy) is 2. The average Bonchev–Trinajstić information content (AvgIpc) is 2.32. The molecule has 0 rings (SSSR count). The number of carbonyl (C=O) groups is 2. The molecular formula is C12H19NO4. The summed E-state index contributed by atoms with van der Waals surface area (Å²) in [6.07, 6.45) is 4.59. The SMILES string of the molecule is C=CC(=O)OCCCCCC(N)OC(=O)C=C. The van der Waals surface area contributed by atoms with E-state index in [1.807, 2.05) is 0 Å². The number of esters is 2. The Morgan fingerprint density at radius 2 is 1.76 bits per heavy atom. The standard InChI is InChI=1S/C12H19NO4/c1-3-11(14)16-9-7-5-6-8-10(13)17-12(15)4-2/h3-4,10H,1-2,5-9,13H2. The van der Waals surface area contributed by atoms with Crippen LogP contribution in [0.2, 0.25) is 0 Å². The summed E-state index contributed by atoms with van der Waals surface area (Å²) in [5.41, 5.74) is 5.55. The van der Waals surface area contributed by atoms with Gasteiger partial charge in [0.15, 0.2) is 6.23 Å². The number of nitrogens with two attached hydrogens (primary N) is 1. The zero-order chi connectivity index (χ0) is 13.1. The molecule has 0 aromatic carbocycles. The van der Waals surface area contributed by atoms with Crippen LogP contribution in [-0.2, 0) is 19.1 Å². The molecule has 96 valence electrons. The molecule has 0 aliphatic rings. The Hall–Kier alpha value is -1.62. The number of carbonyl (C=O) groups excluding carboxylic acids is 2. The average molecular weight is 241 g/mol. The maximum Gasteiger partial charge on any atom is 0.331 e. The monoisotopic (exact) mass is 241 g/mol. The Morgan fingerprint density at radius 1 is 1.12 bits per heavy atom. The summed E-state index contributed by atoms with van der Waals surface area (Å²) < 4.78 is 9.58. The maximum absolute atomic E-state index is 10.8. The Kier molecular flexibility index (Phi) is 8.68. The van der Waals surface area contributed by atoms with Crippen molar-refractivity contribution < 1.29 is 19.1 Å². The Morgan fingerprint density at radius 3 is 2.35 bits per heavy atom. The van der Waals surface area contributed by atoms with Crippen molar-refractivity contribution in [3.63, 3.8) is 0 Å². The quantitative estimate of drug-likeness (QED) is 0.285. The zero-order valence-corrected chi connectivity index (χ0v) is 9.89. The summed E-state index contributed by atoms with van der Waals surface area (Å²) in [6.45, 7) is 6.93. The highest BCUT2D eigenvalue weighted by molar-refractivity contribution is 5.81. The van der Waals surface area contributed by atoms with Crippen molar-refractivity contribution in [3.8, 4) is 0 Å². The van der Waals surface area contributed by atoms with Crippen molar-refractivity contribution in [3.05, 3.63) is 25.3 Å². The summed E-state index contributed by atoms with van der Waals surface area (Å²) in [5, 5.41) is 0. The fourth-order valence-corrected chi connectivity index (χ4v) is 1.11. The fourth-order valence-electron chi connectivity index (χ4n) is 1.11. The van der Waals surface area contributed by atoms with Gasteiger partial charge in [-0.15, -0.1) is 0 Å². The molecule has 0 fully saturated rings. The van der Waals surface area contributed by atoms with E-state index in [4.69, 9.17) is 15.2 Å². The van der Waals surface area contributed by atoms with Crippen LogP contribution in [0, 0.1) is 0 Å². The molecule has 17 heavy (non-hydrogen) atoms. The van der Waals surface area contributed by atoms with E-state index in [9.17, 15) is 9.59 Å². The summed E-state index contributed by atoms with van der Waals surface area (Å²) in [6, 6.07) is 0. The lowest BCUT2D eigenvalue weighted by Gasteiger charge is -2.11. The first kappa shape index (κ1) is 15.4. The summed E-state index contributed by atoms with van der Waals surface area (Å²) in [5.74, 6) is -0.931.